The second kappa shape index (κ2) is 12.5. The van der Waals surface area contributed by atoms with Crippen molar-refractivity contribution in [1.82, 2.24) is 14.9 Å². The van der Waals surface area contributed by atoms with Crippen LogP contribution >= 0.6 is 0 Å². The molecular formula is C33H35N3O4. The van der Waals surface area contributed by atoms with E-state index in [0.717, 1.165) is 16.7 Å². The monoisotopic (exact) mass is 537 g/mol. The Balaban J connectivity index is 1.68. The summed E-state index contributed by atoms with van der Waals surface area (Å²) in [4.78, 5) is 28.6. The van der Waals surface area contributed by atoms with E-state index >= 15 is 0 Å². The molecule has 0 spiro atoms. The lowest BCUT2D eigenvalue weighted by molar-refractivity contribution is -0.132. The fraction of sp³-hybridized carbons (Fsp3) is 0.242. The lowest BCUT2D eigenvalue weighted by Gasteiger charge is -2.37. The van der Waals surface area contributed by atoms with Gasteiger partial charge >= 0.3 is 12.1 Å². The molecule has 0 atom stereocenters. The molecule has 0 bridgehead atoms. The van der Waals surface area contributed by atoms with Gasteiger partial charge in [0.1, 0.15) is 11.1 Å². The normalized spacial score (nSPS) is 12.1. The largest absolute Gasteiger partial charge is 0.478 e. The second-order valence-corrected chi connectivity index (χ2v) is 10.5. The first-order valence-corrected chi connectivity index (χ1v) is 13.3. The highest BCUT2D eigenvalue weighted by molar-refractivity contribution is 5.91. The highest BCUT2D eigenvalue weighted by atomic mass is 16.6. The Kier molecular flexibility index (Phi) is 8.84. The molecule has 7 nitrogen and oxygen atoms in total. The molecule has 3 aromatic carbocycles. The number of hydrogen-bond donors (Lipinski definition) is 2. The van der Waals surface area contributed by atoms with Gasteiger partial charge in [0.15, 0.2) is 0 Å². The maximum Gasteiger partial charge on any atom is 0.407 e. The molecule has 0 saturated heterocycles. The summed E-state index contributed by atoms with van der Waals surface area (Å²) in [7, 11) is 0. The average molecular weight is 538 g/mol. The highest BCUT2D eigenvalue weighted by Gasteiger charge is 2.38. The van der Waals surface area contributed by atoms with E-state index in [1.54, 1.807) is 33.2 Å². The van der Waals surface area contributed by atoms with Crippen molar-refractivity contribution >= 4 is 18.1 Å². The molecule has 7 heteroatoms. The molecule has 4 rings (SSSR count). The SMILES string of the molecule is CC(C)(C)OC(=O)NCCCC(=Cc1cn(C(c2ccccc2)(c2ccccc2)c2ccccc2)cn1)C(=O)O. The summed E-state index contributed by atoms with van der Waals surface area (Å²) in [6.45, 7) is 5.67. The van der Waals surface area contributed by atoms with Crippen LogP contribution in [0.15, 0.2) is 109 Å². The number of imidazole rings is 1. The molecule has 0 unspecified atom stereocenters. The number of hydrogen-bond acceptors (Lipinski definition) is 4. The van der Waals surface area contributed by atoms with Gasteiger partial charge in [-0.05, 0) is 56.4 Å². The van der Waals surface area contributed by atoms with Crippen LogP contribution in [0, 0.1) is 0 Å². The number of carbonyl (C=O) groups excluding carboxylic acids is 1. The van der Waals surface area contributed by atoms with Gasteiger partial charge < -0.3 is 19.7 Å². The van der Waals surface area contributed by atoms with Gasteiger partial charge in [0, 0.05) is 18.3 Å². The van der Waals surface area contributed by atoms with Crippen LogP contribution in [-0.4, -0.2) is 38.9 Å². The third-order valence-corrected chi connectivity index (χ3v) is 6.45. The van der Waals surface area contributed by atoms with Crippen LogP contribution in [0.2, 0.25) is 0 Å². The van der Waals surface area contributed by atoms with Gasteiger partial charge in [-0.1, -0.05) is 91.0 Å². The zero-order chi connectivity index (χ0) is 28.6. The summed E-state index contributed by atoms with van der Waals surface area (Å²) >= 11 is 0. The van der Waals surface area contributed by atoms with E-state index in [-0.39, 0.29) is 12.0 Å². The van der Waals surface area contributed by atoms with Gasteiger partial charge in [0.2, 0.25) is 0 Å². The van der Waals surface area contributed by atoms with E-state index in [1.807, 2.05) is 65.4 Å². The topological polar surface area (TPSA) is 93.5 Å². The van der Waals surface area contributed by atoms with Crippen molar-refractivity contribution in [3.8, 4) is 0 Å². The van der Waals surface area contributed by atoms with Crippen LogP contribution in [0.5, 0.6) is 0 Å². The van der Waals surface area contributed by atoms with Crippen molar-refractivity contribution in [2.75, 3.05) is 6.54 Å². The highest BCUT2D eigenvalue weighted by Crippen LogP contribution is 2.40. The van der Waals surface area contributed by atoms with Crippen molar-refractivity contribution in [3.63, 3.8) is 0 Å². The molecule has 40 heavy (non-hydrogen) atoms. The number of aliphatic carboxylic acids is 1. The molecule has 1 amide bonds. The Morgan fingerprint density at radius 3 is 1.82 bits per heavy atom. The van der Waals surface area contributed by atoms with Crippen molar-refractivity contribution in [2.24, 2.45) is 0 Å². The number of carboxylic acids is 1. The first kappa shape index (κ1) is 28.4. The van der Waals surface area contributed by atoms with E-state index in [4.69, 9.17) is 4.74 Å². The summed E-state index contributed by atoms with van der Waals surface area (Å²) in [6, 6.07) is 30.6. The van der Waals surface area contributed by atoms with Gasteiger partial charge in [0.25, 0.3) is 0 Å². The summed E-state index contributed by atoms with van der Waals surface area (Å²) in [5.41, 5.74) is 2.56. The molecule has 1 aromatic heterocycles. The van der Waals surface area contributed by atoms with E-state index < -0.39 is 23.2 Å². The maximum atomic E-state index is 12.1. The van der Waals surface area contributed by atoms with Gasteiger partial charge in [0.05, 0.1) is 12.0 Å². The Labute approximate surface area is 235 Å². The van der Waals surface area contributed by atoms with Crippen molar-refractivity contribution < 1.29 is 19.4 Å². The minimum atomic E-state index is -1.02. The summed E-state index contributed by atoms with van der Waals surface area (Å²) in [6.07, 6.45) is 5.42. The molecule has 0 aliphatic carbocycles. The number of benzene rings is 3. The quantitative estimate of drug-likeness (QED) is 0.137. The van der Waals surface area contributed by atoms with Crippen LogP contribution in [0.4, 0.5) is 4.79 Å². The third-order valence-electron chi connectivity index (χ3n) is 6.45. The number of nitrogens with one attached hydrogen (secondary N) is 1. The van der Waals surface area contributed by atoms with E-state index in [2.05, 4.69) is 46.7 Å². The second-order valence-electron chi connectivity index (χ2n) is 10.5. The van der Waals surface area contributed by atoms with Crippen molar-refractivity contribution in [3.05, 3.63) is 131 Å². The molecular weight excluding hydrogens is 502 g/mol. The van der Waals surface area contributed by atoms with Gasteiger partial charge in [-0.3, -0.25) is 0 Å². The Morgan fingerprint density at radius 1 is 0.875 bits per heavy atom. The number of rotatable bonds is 10. The molecule has 1 heterocycles. The molecule has 0 fully saturated rings. The van der Waals surface area contributed by atoms with Gasteiger partial charge in [-0.25, -0.2) is 14.6 Å². The first-order valence-electron chi connectivity index (χ1n) is 13.3. The lowest BCUT2D eigenvalue weighted by atomic mass is 9.77. The number of ether oxygens (including phenoxy) is 1. The molecule has 4 aromatic rings. The van der Waals surface area contributed by atoms with Crippen LogP contribution in [0.1, 0.15) is 56.0 Å². The maximum absolute atomic E-state index is 12.1. The molecule has 0 saturated carbocycles. The number of aromatic nitrogens is 2. The fourth-order valence-corrected chi connectivity index (χ4v) is 4.78. The summed E-state index contributed by atoms with van der Waals surface area (Å²) in [5, 5.41) is 12.6. The van der Waals surface area contributed by atoms with Crippen LogP contribution in [0.3, 0.4) is 0 Å². The minimum Gasteiger partial charge on any atom is -0.478 e. The molecule has 0 aliphatic rings. The summed E-state index contributed by atoms with van der Waals surface area (Å²) < 4.78 is 7.28. The number of carbonyl (C=O) groups is 2. The fourth-order valence-electron chi connectivity index (χ4n) is 4.78. The Morgan fingerprint density at radius 2 is 1.38 bits per heavy atom. The van der Waals surface area contributed by atoms with Crippen LogP contribution in [-0.2, 0) is 15.1 Å². The number of amides is 1. The molecule has 0 aliphatic heterocycles. The van der Waals surface area contributed by atoms with E-state index in [9.17, 15) is 14.7 Å². The third kappa shape index (κ3) is 6.67. The lowest BCUT2D eigenvalue weighted by Crippen LogP contribution is -2.36. The van der Waals surface area contributed by atoms with E-state index in [1.165, 1.54) is 0 Å². The van der Waals surface area contributed by atoms with Crippen LogP contribution < -0.4 is 5.32 Å². The van der Waals surface area contributed by atoms with Crippen molar-refractivity contribution in [1.29, 1.82) is 0 Å². The number of carboxylic acid groups (broad SMARTS) is 1. The molecule has 0 radical (unpaired) electrons. The summed E-state index contributed by atoms with van der Waals surface area (Å²) in [5.74, 6) is -1.02. The van der Waals surface area contributed by atoms with Gasteiger partial charge in [-0.2, -0.15) is 0 Å². The van der Waals surface area contributed by atoms with Gasteiger partial charge in [-0.15, -0.1) is 0 Å². The Bertz CT molecular complexity index is 1340. The minimum absolute atomic E-state index is 0.209. The predicted molar refractivity (Wildman–Crippen MR) is 156 cm³/mol. The zero-order valence-electron chi connectivity index (χ0n) is 23.1. The predicted octanol–water partition coefficient (Wildman–Crippen LogP) is 6.50. The van der Waals surface area contributed by atoms with E-state index in [0.29, 0.717) is 18.7 Å². The number of nitrogens with zero attached hydrogens (tertiary/aromatic N) is 2. The number of alkyl carbamates (subject to hydrolysis) is 1. The van der Waals surface area contributed by atoms with Crippen LogP contribution in [0.25, 0.3) is 6.08 Å². The Hall–Kier alpha value is -4.65. The smallest absolute Gasteiger partial charge is 0.407 e. The molecule has 206 valence electrons. The average Bonchev–Trinajstić information content (AvgIpc) is 3.40. The zero-order valence-corrected chi connectivity index (χ0v) is 23.1. The molecule has 2 N–H and O–H groups in total. The first-order chi connectivity index (χ1) is 19.2. The standard InChI is InChI=1S/C33H35N3O4/c1-32(2,3)40-31(39)34-21-13-14-25(30(37)38)22-29-23-36(24-35-29)33(26-15-7-4-8-16-26,27-17-9-5-10-18-27)28-19-11-6-12-20-28/h4-12,15-20,22-24H,13-14,21H2,1-3H3,(H,34,39)(H,37,38). The van der Waals surface area contributed by atoms with Crippen molar-refractivity contribution in [2.45, 2.75) is 44.8 Å².